The summed E-state index contributed by atoms with van der Waals surface area (Å²) in [7, 11) is 0. The Labute approximate surface area is 150 Å². The predicted octanol–water partition coefficient (Wildman–Crippen LogP) is 3.21. The molecular weight excluding hydrogens is 338 g/mol. The van der Waals surface area contributed by atoms with Crippen molar-refractivity contribution in [2.45, 2.75) is 6.42 Å². The number of nitrogens with two attached hydrogens (primary N) is 1. The van der Waals surface area contributed by atoms with Crippen LogP contribution in [0.15, 0.2) is 54.9 Å². The van der Waals surface area contributed by atoms with E-state index in [1.807, 2.05) is 24.3 Å². The van der Waals surface area contributed by atoms with Crippen LogP contribution in [0.3, 0.4) is 0 Å². The minimum atomic E-state index is 0.434. The number of pyridine rings is 1. The second kappa shape index (κ2) is 8.27. The van der Waals surface area contributed by atoms with Crippen molar-refractivity contribution in [1.82, 2.24) is 15.0 Å². The van der Waals surface area contributed by atoms with Gasteiger partial charge in [-0.25, -0.2) is 5.84 Å². The van der Waals surface area contributed by atoms with E-state index in [0.29, 0.717) is 22.6 Å². The predicted molar refractivity (Wildman–Crippen MR) is 101 cm³/mol. The van der Waals surface area contributed by atoms with Gasteiger partial charge in [0.2, 0.25) is 5.95 Å². The summed E-state index contributed by atoms with van der Waals surface area (Å²) in [6, 6.07) is 13.0. The van der Waals surface area contributed by atoms with Crippen LogP contribution in [0.25, 0.3) is 0 Å². The van der Waals surface area contributed by atoms with Crippen molar-refractivity contribution in [1.29, 1.82) is 0 Å². The molecule has 0 unspecified atom stereocenters. The summed E-state index contributed by atoms with van der Waals surface area (Å²) in [4.78, 5) is 12.8. The number of anilines is 4. The first-order valence-electron chi connectivity index (χ1n) is 7.74. The fourth-order valence-electron chi connectivity index (χ4n) is 2.21. The molecule has 3 rings (SSSR count). The highest BCUT2D eigenvalue weighted by molar-refractivity contribution is 6.30. The van der Waals surface area contributed by atoms with Crippen molar-refractivity contribution in [3.05, 3.63) is 65.4 Å². The molecule has 0 aliphatic rings. The quantitative estimate of drug-likeness (QED) is 0.381. The van der Waals surface area contributed by atoms with E-state index in [1.54, 1.807) is 30.6 Å². The molecule has 0 saturated heterocycles. The molecule has 0 aliphatic carbocycles. The molecule has 7 nitrogen and oxygen atoms in total. The number of hydrogen-bond donors (Lipinski definition) is 4. The van der Waals surface area contributed by atoms with Crippen LogP contribution in [-0.2, 0) is 6.42 Å². The van der Waals surface area contributed by atoms with Crippen molar-refractivity contribution in [2.75, 3.05) is 22.6 Å². The molecule has 0 radical (unpaired) electrons. The molecule has 2 aromatic heterocycles. The Bertz CT molecular complexity index is 809. The number of nitrogens with one attached hydrogen (secondary N) is 3. The van der Waals surface area contributed by atoms with Crippen LogP contribution in [0.2, 0.25) is 5.02 Å². The fraction of sp³-hybridized carbons (Fsp3) is 0.118. The molecule has 8 heteroatoms. The van der Waals surface area contributed by atoms with Gasteiger partial charge in [0.15, 0.2) is 0 Å². The topological polar surface area (TPSA) is 101 Å². The molecule has 2 heterocycles. The maximum absolute atomic E-state index is 5.90. The first-order valence-corrected chi connectivity index (χ1v) is 8.12. The zero-order valence-electron chi connectivity index (χ0n) is 13.4. The molecule has 0 spiro atoms. The van der Waals surface area contributed by atoms with Crippen LogP contribution in [0.5, 0.6) is 0 Å². The average Bonchev–Trinajstić information content (AvgIpc) is 2.64. The number of aromatic nitrogens is 3. The molecule has 0 atom stereocenters. The van der Waals surface area contributed by atoms with Gasteiger partial charge < -0.3 is 16.1 Å². The molecule has 5 N–H and O–H groups in total. The summed E-state index contributed by atoms with van der Waals surface area (Å²) in [6.07, 6.45) is 4.42. The standard InChI is InChI=1S/C17H18ClN7/c18-13-1-3-14(4-2-13)22-17-23-15(11-16(24-17)25-19)21-10-7-12-5-8-20-9-6-12/h1-6,8-9,11H,7,10,19H2,(H3,21,22,23,24,25). The van der Waals surface area contributed by atoms with E-state index in [2.05, 4.69) is 31.0 Å². The third kappa shape index (κ3) is 5.03. The highest BCUT2D eigenvalue weighted by atomic mass is 35.5. The van der Waals surface area contributed by atoms with Gasteiger partial charge in [-0.1, -0.05) is 11.6 Å². The minimum absolute atomic E-state index is 0.434. The zero-order chi connectivity index (χ0) is 17.5. The number of nitrogen functional groups attached to an aromatic ring is 1. The van der Waals surface area contributed by atoms with Crippen LogP contribution in [-0.4, -0.2) is 21.5 Å². The monoisotopic (exact) mass is 355 g/mol. The Hall–Kier alpha value is -2.90. The third-order valence-electron chi connectivity index (χ3n) is 3.44. The summed E-state index contributed by atoms with van der Waals surface area (Å²) in [6.45, 7) is 0.728. The van der Waals surface area contributed by atoms with Gasteiger partial charge in [0.1, 0.15) is 11.6 Å². The van der Waals surface area contributed by atoms with E-state index in [0.717, 1.165) is 18.7 Å². The lowest BCUT2D eigenvalue weighted by atomic mass is 10.2. The van der Waals surface area contributed by atoms with Crippen LogP contribution < -0.4 is 21.9 Å². The fourth-order valence-corrected chi connectivity index (χ4v) is 2.34. The maximum atomic E-state index is 5.90. The minimum Gasteiger partial charge on any atom is -0.370 e. The van der Waals surface area contributed by atoms with Gasteiger partial charge in [-0.15, -0.1) is 0 Å². The van der Waals surface area contributed by atoms with Crippen LogP contribution in [0.1, 0.15) is 5.56 Å². The first-order chi connectivity index (χ1) is 12.2. The number of benzene rings is 1. The van der Waals surface area contributed by atoms with E-state index in [9.17, 15) is 0 Å². The number of halogens is 1. The highest BCUT2D eigenvalue weighted by Crippen LogP contribution is 2.19. The Kier molecular flexibility index (Phi) is 5.61. The first kappa shape index (κ1) is 16.9. The second-order valence-electron chi connectivity index (χ2n) is 5.27. The van der Waals surface area contributed by atoms with Crippen LogP contribution in [0.4, 0.5) is 23.3 Å². The van der Waals surface area contributed by atoms with Gasteiger partial charge in [-0.3, -0.25) is 4.98 Å². The van der Waals surface area contributed by atoms with Crippen LogP contribution >= 0.6 is 11.6 Å². The lowest BCUT2D eigenvalue weighted by Gasteiger charge is -2.11. The number of rotatable bonds is 7. The van der Waals surface area contributed by atoms with E-state index < -0.39 is 0 Å². The van der Waals surface area contributed by atoms with Gasteiger partial charge in [-0.05, 0) is 48.4 Å². The summed E-state index contributed by atoms with van der Waals surface area (Å²) in [5, 5.41) is 7.07. The SMILES string of the molecule is NNc1cc(NCCc2ccncc2)nc(Nc2ccc(Cl)cc2)n1. The maximum Gasteiger partial charge on any atom is 0.231 e. The van der Waals surface area contributed by atoms with Gasteiger partial charge in [-0.2, -0.15) is 9.97 Å². The normalized spacial score (nSPS) is 10.3. The number of hydrogen-bond acceptors (Lipinski definition) is 7. The molecule has 0 bridgehead atoms. The molecule has 0 fully saturated rings. The molecular formula is C17H18ClN7. The molecule has 0 aliphatic heterocycles. The number of hydrazine groups is 1. The van der Waals surface area contributed by atoms with Crippen molar-refractivity contribution in [3.63, 3.8) is 0 Å². The summed E-state index contributed by atoms with van der Waals surface area (Å²) >= 11 is 5.90. The van der Waals surface area contributed by atoms with E-state index in [4.69, 9.17) is 17.4 Å². The molecule has 1 aromatic carbocycles. The van der Waals surface area contributed by atoms with Crippen molar-refractivity contribution < 1.29 is 0 Å². The molecule has 128 valence electrons. The zero-order valence-corrected chi connectivity index (χ0v) is 14.2. The Morgan fingerprint density at radius 1 is 0.960 bits per heavy atom. The van der Waals surface area contributed by atoms with Crippen molar-refractivity contribution >= 4 is 34.9 Å². The summed E-state index contributed by atoms with van der Waals surface area (Å²) in [5.41, 5.74) is 4.59. The second-order valence-corrected chi connectivity index (χ2v) is 5.71. The van der Waals surface area contributed by atoms with E-state index >= 15 is 0 Å². The van der Waals surface area contributed by atoms with Gasteiger partial charge in [0.05, 0.1) is 0 Å². The average molecular weight is 356 g/mol. The molecule has 25 heavy (non-hydrogen) atoms. The van der Waals surface area contributed by atoms with Crippen LogP contribution in [0, 0.1) is 0 Å². The Balaban J connectivity index is 1.67. The van der Waals surface area contributed by atoms with Crippen molar-refractivity contribution in [2.24, 2.45) is 5.84 Å². The van der Waals surface area contributed by atoms with Gasteiger partial charge in [0, 0.05) is 35.7 Å². The smallest absolute Gasteiger partial charge is 0.231 e. The lowest BCUT2D eigenvalue weighted by Crippen LogP contribution is -2.13. The summed E-state index contributed by atoms with van der Waals surface area (Å²) < 4.78 is 0. The van der Waals surface area contributed by atoms with Crippen molar-refractivity contribution in [3.8, 4) is 0 Å². The molecule has 0 saturated carbocycles. The van der Waals surface area contributed by atoms with Gasteiger partial charge in [0.25, 0.3) is 0 Å². The Morgan fingerprint density at radius 3 is 2.40 bits per heavy atom. The third-order valence-corrected chi connectivity index (χ3v) is 3.70. The highest BCUT2D eigenvalue weighted by Gasteiger charge is 2.05. The molecule has 0 amide bonds. The van der Waals surface area contributed by atoms with Gasteiger partial charge >= 0.3 is 0 Å². The lowest BCUT2D eigenvalue weighted by molar-refractivity contribution is 0.994. The largest absolute Gasteiger partial charge is 0.370 e. The van der Waals surface area contributed by atoms with E-state index in [1.165, 1.54) is 5.56 Å². The molecule has 3 aromatic rings. The Morgan fingerprint density at radius 2 is 1.68 bits per heavy atom. The number of nitrogens with zero attached hydrogens (tertiary/aromatic N) is 3. The summed E-state index contributed by atoms with van der Waals surface area (Å²) in [5.74, 6) is 7.12. The van der Waals surface area contributed by atoms with E-state index in [-0.39, 0.29) is 0 Å².